The van der Waals surface area contributed by atoms with Gasteiger partial charge in [0.2, 0.25) is 17.1 Å². The summed E-state index contributed by atoms with van der Waals surface area (Å²) < 4.78 is 2.39. The molecule has 0 bridgehead atoms. The highest BCUT2D eigenvalue weighted by Gasteiger charge is 2.42. The molecule has 0 amide bonds. The molecule has 2 aliphatic heterocycles. The third-order valence-corrected chi connectivity index (χ3v) is 11.5. The molecule has 4 aromatic rings. The fourth-order valence-electron chi connectivity index (χ4n) is 8.01. The molecule has 0 radical (unpaired) electrons. The molecule has 3 aliphatic rings. The van der Waals surface area contributed by atoms with Crippen molar-refractivity contribution in [3.8, 4) is 0 Å². The van der Waals surface area contributed by atoms with Crippen LogP contribution in [0.1, 0.15) is 51.7 Å². The van der Waals surface area contributed by atoms with Crippen molar-refractivity contribution < 1.29 is 0 Å². The highest BCUT2D eigenvalue weighted by Crippen LogP contribution is 2.52. The maximum absolute atomic E-state index is 6.76. The average molecular weight is 741 g/mol. The zero-order valence-electron chi connectivity index (χ0n) is 29.2. The Hall–Kier alpha value is -3.73. The number of likely N-dealkylation sites (N-methyl/N-ethyl adjacent to an activating group) is 2. The molecule has 2 heterocycles. The second-order valence-electron chi connectivity index (χ2n) is 14.3. The Morgan fingerprint density at radius 1 is 0.560 bits per heavy atom. The van der Waals surface area contributed by atoms with Crippen molar-refractivity contribution in [3.05, 3.63) is 163 Å². The Morgan fingerprint density at radius 2 is 0.940 bits per heavy atom. The fourth-order valence-corrected chi connectivity index (χ4v) is 9.25. The average Bonchev–Trinajstić information content (AvgIpc) is 3.61. The summed E-state index contributed by atoms with van der Waals surface area (Å²) in [5.41, 5.74) is 12.0. The van der Waals surface area contributed by atoms with E-state index in [1.54, 1.807) is 0 Å². The summed E-state index contributed by atoms with van der Waals surface area (Å²) in [5, 5.41) is 2.62. The number of halogens is 4. The van der Waals surface area contributed by atoms with E-state index in [2.05, 4.69) is 141 Å². The zero-order chi connectivity index (χ0) is 35.5. The summed E-state index contributed by atoms with van der Waals surface area (Å²) in [6.07, 6.45) is 10.9. The van der Waals surface area contributed by atoms with Crippen LogP contribution in [0.5, 0.6) is 0 Å². The topological polar surface area (TPSA) is 9.49 Å². The van der Waals surface area contributed by atoms with E-state index < -0.39 is 0 Å². The number of fused-ring (bicyclic) bond motifs is 2. The van der Waals surface area contributed by atoms with Crippen LogP contribution in [0.4, 0.5) is 22.7 Å². The maximum atomic E-state index is 6.76. The first-order chi connectivity index (χ1) is 23.8. The van der Waals surface area contributed by atoms with Gasteiger partial charge < -0.3 is 9.80 Å². The molecule has 0 unspecified atom stereocenters. The van der Waals surface area contributed by atoms with Crippen LogP contribution in [0.3, 0.4) is 0 Å². The van der Waals surface area contributed by atoms with Gasteiger partial charge in [0.15, 0.2) is 0 Å². The van der Waals surface area contributed by atoms with E-state index in [1.165, 1.54) is 16.9 Å². The van der Waals surface area contributed by atoms with Crippen molar-refractivity contribution in [2.75, 3.05) is 23.9 Å². The molecule has 1 saturated carbocycles. The smallest absolute Gasteiger partial charge is 0.218 e. The lowest BCUT2D eigenvalue weighted by atomic mass is 9.83. The van der Waals surface area contributed by atoms with Gasteiger partial charge in [0.25, 0.3) is 0 Å². The molecule has 1 fully saturated rings. The molecule has 50 heavy (non-hydrogen) atoms. The number of anilines is 2. The van der Waals surface area contributed by atoms with Crippen molar-refractivity contribution in [2.45, 2.75) is 51.4 Å². The zero-order valence-corrected chi connectivity index (χ0v) is 32.2. The minimum absolute atomic E-state index is 0.284. The lowest BCUT2D eigenvalue weighted by Gasteiger charge is -2.24. The number of allylic oxidation sites excluding steroid dienone is 8. The van der Waals surface area contributed by atoms with Crippen LogP contribution in [0, 0.1) is 0 Å². The lowest BCUT2D eigenvalue weighted by Crippen LogP contribution is -2.23. The van der Waals surface area contributed by atoms with Crippen molar-refractivity contribution in [2.24, 2.45) is 0 Å². The molecule has 7 rings (SSSR count). The van der Waals surface area contributed by atoms with Crippen molar-refractivity contribution in [1.82, 2.24) is 4.58 Å². The second kappa shape index (κ2) is 13.1. The van der Waals surface area contributed by atoms with Crippen LogP contribution in [0.2, 0.25) is 20.1 Å². The fraction of sp³-hybridized carbons (Fsp3) is 0.233. The molecule has 7 heteroatoms. The summed E-state index contributed by atoms with van der Waals surface area (Å²) >= 11 is 26.5. The molecular formula is C43H40Cl4N3+. The summed E-state index contributed by atoms with van der Waals surface area (Å²) in [7, 11) is 4.18. The first-order valence-corrected chi connectivity index (χ1v) is 18.4. The van der Waals surface area contributed by atoms with Gasteiger partial charge in [0.1, 0.15) is 0 Å². The standard InChI is InChI=1S/C43H40Cl4N3/c1-42(2)33-23-29(44)25-35(46)40(33)48(5)37(42)21-19-27-17-18-28(39(27)50(31-13-9-7-10-14-31)32-15-11-8-12-16-32)20-22-38-43(3,4)34-24-30(45)26-36(47)41(34)49(38)6/h7-16,19-26H,17-18H2,1-6H3/q+1. The van der Waals surface area contributed by atoms with Crippen LogP contribution in [0.25, 0.3) is 0 Å². The molecule has 0 saturated heterocycles. The monoisotopic (exact) mass is 738 g/mol. The van der Waals surface area contributed by atoms with Gasteiger partial charge in [-0.1, -0.05) is 123 Å². The molecule has 3 nitrogen and oxygen atoms in total. The Morgan fingerprint density at radius 3 is 1.32 bits per heavy atom. The van der Waals surface area contributed by atoms with Crippen molar-refractivity contribution >= 4 is 74.9 Å². The summed E-state index contributed by atoms with van der Waals surface area (Å²) in [6, 6.07) is 29.0. The van der Waals surface area contributed by atoms with Crippen molar-refractivity contribution in [3.63, 3.8) is 0 Å². The first kappa shape index (κ1) is 34.7. The van der Waals surface area contributed by atoms with Gasteiger partial charge >= 0.3 is 0 Å². The van der Waals surface area contributed by atoms with Crippen LogP contribution in [-0.2, 0) is 10.8 Å². The maximum Gasteiger partial charge on any atom is 0.218 e. The largest absolute Gasteiger partial charge is 0.346 e. The first-order valence-electron chi connectivity index (χ1n) is 16.9. The normalized spacial score (nSPS) is 20.8. The molecule has 254 valence electrons. The van der Waals surface area contributed by atoms with Gasteiger partial charge in [-0.05, 0) is 60.4 Å². The molecule has 1 aliphatic carbocycles. The van der Waals surface area contributed by atoms with Crippen LogP contribution in [0.15, 0.2) is 132 Å². The second-order valence-corrected chi connectivity index (χ2v) is 16.0. The Kier molecular flexibility index (Phi) is 9.10. The summed E-state index contributed by atoms with van der Waals surface area (Å²) in [4.78, 5) is 4.42. The van der Waals surface area contributed by atoms with E-state index in [4.69, 9.17) is 46.4 Å². The minimum Gasteiger partial charge on any atom is -0.346 e. The highest BCUT2D eigenvalue weighted by atomic mass is 35.5. The number of nitrogens with zero attached hydrogens (tertiary/aromatic N) is 3. The van der Waals surface area contributed by atoms with Crippen LogP contribution >= 0.6 is 46.4 Å². The van der Waals surface area contributed by atoms with E-state index >= 15 is 0 Å². The van der Waals surface area contributed by atoms with E-state index in [9.17, 15) is 0 Å². The van der Waals surface area contributed by atoms with Gasteiger partial charge in [-0.15, -0.1) is 0 Å². The SMILES string of the molecule is CN1C(=CC=C2CC/C(=C\C=C3\N(C)c4c(Cl)cc(Cl)cc4C3(C)C)C2=[N+](c2ccccc2)c2ccccc2)C(C)(C)c2cc(Cl)cc(Cl)c21. The number of hydrogen-bond donors (Lipinski definition) is 0. The molecule has 0 spiro atoms. The number of rotatable bonds is 4. The van der Waals surface area contributed by atoms with Gasteiger partial charge in [0, 0.05) is 81.8 Å². The molecular weight excluding hydrogens is 700 g/mol. The Balaban J connectivity index is 1.42. The Bertz CT molecular complexity index is 2020. The molecule has 4 aromatic carbocycles. The lowest BCUT2D eigenvalue weighted by molar-refractivity contribution is 0.640. The quantitative estimate of drug-likeness (QED) is 0.193. The van der Waals surface area contributed by atoms with Gasteiger partial charge in [-0.25, -0.2) is 0 Å². The van der Waals surface area contributed by atoms with E-state index in [-0.39, 0.29) is 10.8 Å². The minimum atomic E-state index is -0.284. The predicted molar refractivity (Wildman–Crippen MR) is 217 cm³/mol. The van der Waals surface area contributed by atoms with Crippen LogP contribution < -0.4 is 14.4 Å². The molecule has 0 atom stereocenters. The van der Waals surface area contributed by atoms with Crippen LogP contribution in [-0.4, -0.2) is 19.8 Å². The van der Waals surface area contributed by atoms with E-state index in [1.807, 2.05) is 24.3 Å². The number of hydrogen-bond acceptors (Lipinski definition) is 2. The third kappa shape index (κ3) is 5.83. The summed E-state index contributed by atoms with van der Waals surface area (Å²) in [6.45, 7) is 8.95. The Labute approximate surface area is 316 Å². The van der Waals surface area contributed by atoms with Gasteiger partial charge in [0.05, 0.1) is 21.4 Å². The molecule has 0 N–H and O–H groups in total. The predicted octanol–water partition coefficient (Wildman–Crippen LogP) is 12.8. The third-order valence-electron chi connectivity index (χ3n) is 10.5. The van der Waals surface area contributed by atoms with E-state index in [0.717, 1.165) is 58.1 Å². The van der Waals surface area contributed by atoms with E-state index in [0.29, 0.717) is 20.1 Å². The number of benzene rings is 4. The van der Waals surface area contributed by atoms with Crippen molar-refractivity contribution in [1.29, 1.82) is 0 Å². The van der Waals surface area contributed by atoms with Gasteiger partial charge in [-0.3, -0.25) is 0 Å². The summed E-state index contributed by atoms with van der Waals surface area (Å²) in [5.74, 6) is 0. The number of para-hydroxylation sites is 2. The van der Waals surface area contributed by atoms with Gasteiger partial charge in [-0.2, -0.15) is 4.58 Å². The highest BCUT2D eigenvalue weighted by molar-refractivity contribution is 6.37. The molecule has 0 aromatic heterocycles.